The average molecular weight is 290 g/mol. The van der Waals surface area contributed by atoms with Crippen molar-refractivity contribution in [2.24, 2.45) is 11.3 Å². The average Bonchev–Trinajstić information content (AvgIpc) is 2.96. The van der Waals surface area contributed by atoms with Gasteiger partial charge in [-0.15, -0.1) is 0 Å². The van der Waals surface area contributed by atoms with Crippen LogP contribution in [0.3, 0.4) is 0 Å². The first-order valence-corrected chi connectivity index (χ1v) is 7.20. The van der Waals surface area contributed by atoms with Gasteiger partial charge in [0.15, 0.2) is 0 Å². The van der Waals surface area contributed by atoms with E-state index in [4.69, 9.17) is 0 Å². The Morgan fingerprint density at radius 1 is 1.52 bits per heavy atom. The van der Waals surface area contributed by atoms with Crippen LogP contribution >= 0.6 is 0 Å². The van der Waals surface area contributed by atoms with Gasteiger partial charge >= 0.3 is 5.97 Å². The van der Waals surface area contributed by atoms with E-state index >= 15 is 0 Å². The number of carboxylic acids is 1. The van der Waals surface area contributed by atoms with Gasteiger partial charge in [-0.1, -0.05) is 18.6 Å². The maximum Gasteiger partial charge on any atom is 0.311 e. The van der Waals surface area contributed by atoms with E-state index in [-0.39, 0.29) is 11.6 Å². The number of aliphatic carboxylic acids is 1. The van der Waals surface area contributed by atoms with Crippen LogP contribution in [0.1, 0.15) is 24.8 Å². The molecule has 0 unspecified atom stereocenters. The molecule has 1 saturated heterocycles. The lowest BCUT2D eigenvalue weighted by Crippen LogP contribution is -2.35. The Bertz CT molecular complexity index is 589. The van der Waals surface area contributed by atoms with Crippen molar-refractivity contribution >= 4 is 11.7 Å². The molecule has 3 rings (SSSR count). The van der Waals surface area contributed by atoms with Crippen molar-refractivity contribution in [3.63, 3.8) is 0 Å². The highest BCUT2D eigenvalue weighted by atomic mass is 16.6. The van der Waals surface area contributed by atoms with Gasteiger partial charge in [0.2, 0.25) is 0 Å². The van der Waals surface area contributed by atoms with Gasteiger partial charge in [0, 0.05) is 31.8 Å². The molecule has 1 saturated carbocycles. The topological polar surface area (TPSA) is 83.7 Å². The van der Waals surface area contributed by atoms with Gasteiger partial charge in [0.1, 0.15) is 0 Å². The molecule has 1 aliphatic heterocycles. The van der Waals surface area contributed by atoms with Crippen LogP contribution in [-0.2, 0) is 11.3 Å². The number of fused-ring (bicyclic) bond motifs is 1. The van der Waals surface area contributed by atoms with Crippen LogP contribution in [0.5, 0.6) is 0 Å². The molecular weight excluding hydrogens is 272 g/mol. The number of carboxylic acid groups (broad SMARTS) is 1. The fourth-order valence-corrected chi connectivity index (χ4v) is 3.89. The Labute approximate surface area is 122 Å². The molecule has 0 amide bonds. The van der Waals surface area contributed by atoms with E-state index in [1.165, 1.54) is 6.07 Å². The number of hydrogen-bond donors (Lipinski definition) is 1. The van der Waals surface area contributed by atoms with Gasteiger partial charge in [0.05, 0.1) is 10.3 Å². The third kappa shape index (κ3) is 2.40. The standard InChI is InChI=1S/C15H18N2O4/c18-14(19)15-6-2-4-12(15)9-16(10-15)8-11-3-1-5-13(7-11)17(20)21/h1,3,5,7,12H,2,4,6,8-10H2,(H,18,19)/t12-,15+/m0/s1. The molecule has 1 aromatic rings. The maximum absolute atomic E-state index is 11.6. The van der Waals surface area contributed by atoms with Crippen LogP contribution in [0.4, 0.5) is 5.69 Å². The van der Waals surface area contributed by atoms with Crippen molar-refractivity contribution in [3.8, 4) is 0 Å². The van der Waals surface area contributed by atoms with E-state index in [1.54, 1.807) is 12.1 Å². The molecule has 6 nitrogen and oxygen atoms in total. The van der Waals surface area contributed by atoms with Gasteiger partial charge in [-0.05, 0) is 24.3 Å². The summed E-state index contributed by atoms with van der Waals surface area (Å²) in [5, 5.41) is 20.4. The summed E-state index contributed by atoms with van der Waals surface area (Å²) in [7, 11) is 0. The third-order valence-electron chi connectivity index (χ3n) is 4.89. The van der Waals surface area contributed by atoms with Crippen molar-refractivity contribution in [2.75, 3.05) is 13.1 Å². The summed E-state index contributed by atoms with van der Waals surface area (Å²) in [4.78, 5) is 24.2. The molecular formula is C15H18N2O4. The predicted molar refractivity (Wildman–Crippen MR) is 75.8 cm³/mol. The Balaban J connectivity index is 1.74. The molecule has 0 radical (unpaired) electrons. The molecule has 1 aliphatic carbocycles. The Morgan fingerprint density at radius 2 is 2.33 bits per heavy atom. The third-order valence-corrected chi connectivity index (χ3v) is 4.89. The van der Waals surface area contributed by atoms with Crippen LogP contribution in [0, 0.1) is 21.4 Å². The zero-order valence-electron chi connectivity index (χ0n) is 11.7. The van der Waals surface area contributed by atoms with E-state index in [0.717, 1.165) is 31.4 Å². The van der Waals surface area contributed by atoms with Gasteiger partial charge in [0.25, 0.3) is 5.69 Å². The molecule has 112 valence electrons. The number of benzene rings is 1. The monoisotopic (exact) mass is 290 g/mol. The van der Waals surface area contributed by atoms with Crippen molar-refractivity contribution < 1.29 is 14.8 Å². The highest BCUT2D eigenvalue weighted by Crippen LogP contribution is 2.49. The first-order valence-electron chi connectivity index (χ1n) is 7.20. The second kappa shape index (κ2) is 5.11. The van der Waals surface area contributed by atoms with Crippen LogP contribution < -0.4 is 0 Å². The minimum absolute atomic E-state index is 0.0832. The van der Waals surface area contributed by atoms with E-state index in [1.807, 2.05) is 6.07 Å². The minimum atomic E-state index is -0.688. The SMILES string of the molecule is O=C(O)[C@@]12CCC[C@H]1CN(Cc1cccc([N+](=O)[O-])c1)C2. The molecule has 1 heterocycles. The van der Waals surface area contributed by atoms with Crippen LogP contribution in [0.15, 0.2) is 24.3 Å². The molecule has 0 spiro atoms. The van der Waals surface area contributed by atoms with Gasteiger partial charge < -0.3 is 5.11 Å². The second-order valence-electron chi connectivity index (χ2n) is 6.15. The largest absolute Gasteiger partial charge is 0.481 e. The van der Waals surface area contributed by atoms with Gasteiger partial charge in [-0.2, -0.15) is 0 Å². The van der Waals surface area contributed by atoms with E-state index in [2.05, 4.69) is 4.90 Å². The lowest BCUT2D eigenvalue weighted by molar-refractivity contribution is -0.384. The van der Waals surface area contributed by atoms with Crippen LogP contribution in [0.25, 0.3) is 0 Å². The summed E-state index contributed by atoms with van der Waals surface area (Å²) in [6.07, 6.45) is 2.71. The van der Waals surface area contributed by atoms with Gasteiger partial charge in [-0.25, -0.2) is 0 Å². The normalized spacial score (nSPS) is 28.5. The summed E-state index contributed by atoms with van der Waals surface area (Å²) < 4.78 is 0. The molecule has 2 fully saturated rings. The Hall–Kier alpha value is -1.95. The Kier molecular flexibility index (Phi) is 3.41. The van der Waals surface area contributed by atoms with Crippen LogP contribution in [0.2, 0.25) is 0 Å². The summed E-state index contributed by atoms with van der Waals surface area (Å²) in [6, 6.07) is 6.58. The molecule has 1 N–H and O–H groups in total. The number of nitro groups is 1. The van der Waals surface area contributed by atoms with Crippen LogP contribution in [-0.4, -0.2) is 34.0 Å². The zero-order valence-corrected chi connectivity index (χ0v) is 11.7. The Morgan fingerprint density at radius 3 is 3.00 bits per heavy atom. The number of nitro benzene ring substituents is 1. The highest BCUT2D eigenvalue weighted by molar-refractivity contribution is 5.76. The van der Waals surface area contributed by atoms with E-state index in [0.29, 0.717) is 13.1 Å². The van der Waals surface area contributed by atoms with Crippen molar-refractivity contribution in [3.05, 3.63) is 39.9 Å². The van der Waals surface area contributed by atoms with Crippen molar-refractivity contribution in [2.45, 2.75) is 25.8 Å². The fourth-order valence-electron chi connectivity index (χ4n) is 3.89. The highest BCUT2D eigenvalue weighted by Gasteiger charge is 2.54. The molecule has 21 heavy (non-hydrogen) atoms. The minimum Gasteiger partial charge on any atom is -0.481 e. The van der Waals surface area contributed by atoms with Gasteiger partial charge in [-0.3, -0.25) is 19.8 Å². The lowest BCUT2D eigenvalue weighted by Gasteiger charge is -2.23. The molecule has 0 aromatic heterocycles. The number of nitrogens with zero attached hydrogens (tertiary/aromatic N) is 2. The molecule has 6 heteroatoms. The first-order chi connectivity index (χ1) is 10.0. The second-order valence-corrected chi connectivity index (χ2v) is 6.15. The number of non-ortho nitro benzene ring substituents is 1. The summed E-state index contributed by atoms with van der Waals surface area (Å²) in [6.45, 7) is 1.90. The number of carbonyl (C=O) groups is 1. The lowest BCUT2D eigenvalue weighted by atomic mass is 9.81. The van der Waals surface area contributed by atoms with E-state index in [9.17, 15) is 20.0 Å². The summed E-state index contributed by atoms with van der Waals surface area (Å²) in [5.41, 5.74) is 0.352. The number of likely N-dealkylation sites (tertiary alicyclic amines) is 1. The summed E-state index contributed by atoms with van der Waals surface area (Å²) >= 11 is 0. The number of rotatable bonds is 4. The zero-order chi connectivity index (χ0) is 15.0. The maximum atomic E-state index is 11.6. The molecule has 2 aliphatic rings. The van der Waals surface area contributed by atoms with Crippen molar-refractivity contribution in [1.82, 2.24) is 4.90 Å². The molecule has 0 bridgehead atoms. The quantitative estimate of drug-likeness (QED) is 0.679. The van der Waals surface area contributed by atoms with E-state index < -0.39 is 16.3 Å². The predicted octanol–water partition coefficient (Wildman–Crippen LogP) is 2.28. The smallest absolute Gasteiger partial charge is 0.311 e. The first kappa shape index (κ1) is 14.0. The summed E-state index contributed by atoms with van der Waals surface area (Å²) in [5.74, 6) is -0.472. The molecule has 2 atom stereocenters. The van der Waals surface area contributed by atoms with Crippen molar-refractivity contribution in [1.29, 1.82) is 0 Å². The fraction of sp³-hybridized carbons (Fsp3) is 0.533. The number of hydrogen-bond acceptors (Lipinski definition) is 4. The molecule has 1 aromatic carbocycles.